The van der Waals surface area contributed by atoms with Crippen molar-refractivity contribution in [1.29, 1.82) is 0 Å². The lowest BCUT2D eigenvalue weighted by molar-refractivity contribution is -0.274. The fourth-order valence-electron chi connectivity index (χ4n) is 3.22. The second kappa shape index (κ2) is 9.80. The largest absolute Gasteiger partial charge is 0.573 e. The third-order valence-electron chi connectivity index (χ3n) is 4.78. The number of ether oxygens (including phenoxy) is 2. The molecule has 31 heavy (non-hydrogen) atoms. The number of rotatable bonds is 8. The number of hydrogen-bond donors (Lipinski definition) is 1. The molecule has 0 aliphatic heterocycles. The molecule has 0 bridgehead atoms. The Morgan fingerprint density at radius 1 is 1.23 bits per heavy atom. The van der Waals surface area contributed by atoms with Crippen molar-refractivity contribution in [3.63, 3.8) is 0 Å². The van der Waals surface area contributed by atoms with Gasteiger partial charge < -0.3 is 19.3 Å². The Morgan fingerprint density at radius 3 is 2.55 bits per heavy atom. The monoisotopic (exact) mass is 441 g/mol. The summed E-state index contributed by atoms with van der Waals surface area (Å²) < 4.78 is 50.5. The van der Waals surface area contributed by atoms with Crippen molar-refractivity contribution >= 4 is 17.6 Å². The summed E-state index contributed by atoms with van der Waals surface area (Å²) in [4.78, 5) is 28.5. The summed E-state index contributed by atoms with van der Waals surface area (Å²) in [5.41, 5.74) is 0.229. The van der Waals surface area contributed by atoms with Gasteiger partial charge >= 0.3 is 12.3 Å². The van der Waals surface area contributed by atoms with E-state index in [2.05, 4.69) is 20.2 Å². The van der Waals surface area contributed by atoms with E-state index in [-0.39, 0.29) is 18.5 Å². The molecular formula is C20H22F3N3O5. The van der Waals surface area contributed by atoms with Gasteiger partial charge in [-0.25, -0.2) is 0 Å². The second-order valence-electron chi connectivity index (χ2n) is 7.22. The van der Waals surface area contributed by atoms with Gasteiger partial charge in [-0.2, -0.15) is 4.98 Å². The van der Waals surface area contributed by atoms with E-state index in [0.717, 1.165) is 37.8 Å². The first-order chi connectivity index (χ1) is 14.7. The molecule has 0 saturated heterocycles. The molecule has 0 radical (unpaired) electrons. The van der Waals surface area contributed by atoms with E-state index in [1.165, 1.54) is 19.1 Å². The molecular weight excluding hydrogens is 419 g/mol. The molecule has 1 aliphatic rings. The number of alkyl halides is 3. The van der Waals surface area contributed by atoms with E-state index in [1.54, 1.807) is 0 Å². The number of benzene rings is 1. The molecule has 3 rings (SSSR count). The summed E-state index contributed by atoms with van der Waals surface area (Å²) in [6, 6.07) is 4.60. The highest BCUT2D eigenvalue weighted by Crippen LogP contribution is 2.32. The number of nitrogens with zero attached hydrogens (tertiary/aromatic N) is 2. The predicted molar refractivity (Wildman–Crippen MR) is 101 cm³/mol. The molecule has 1 amide bonds. The molecule has 1 unspecified atom stereocenters. The lowest BCUT2D eigenvalue weighted by Crippen LogP contribution is -2.30. The maximum absolute atomic E-state index is 12.2. The second-order valence-corrected chi connectivity index (χ2v) is 7.22. The van der Waals surface area contributed by atoms with Crippen LogP contribution in [0.4, 0.5) is 18.9 Å². The van der Waals surface area contributed by atoms with Crippen molar-refractivity contribution in [2.45, 2.75) is 63.8 Å². The highest BCUT2D eigenvalue weighted by molar-refractivity contribution is 5.95. The van der Waals surface area contributed by atoms with Gasteiger partial charge in [-0.3, -0.25) is 9.59 Å². The molecule has 2 aromatic rings. The van der Waals surface area contributed by atoms with Crippen LogP contribution in [0.15, 0.2) is 28.8 Å². The molecule has 1 fully saturated rings. The lowest BCUT2D eigenvalue weighted by Gasteiger charge is -2.14. The predicted octanol–water partition coefficient (Wildman–Crippen LogP) is 4.13. The molecule has 1 saturated carbocycles. The van der Waals surface area contributed by atoms with E-state index >= 15 is 0 Å². The molecule has 1 aromatic heterocycles. The van der Waals surface area contributed by atoms with Crippen molar-refractivity contribution < 1.29 is 36.8 Å². The zero-order valence-corrected chi connectivity index (χ0v) is 16.8. The van der Waals surface area contributed by atoms with Gasteiger partial charge in [-0.15, -0.1) is 13.2 Å². The summed E-state index contributed by atoms with van der Waals surface area (Å²) in [5, 5.41) is 6.42. The zero-order valence-electron chi connectivity index (χ0n) is 16.8. The summed E-state index contributed by atoms with van der Waals surface area (Å²) in [7, 11) is 0. The van der Waals surface area contributed by atoms with Crippen molar-refractivity contribution in [3.05, 3.63) is 36.0 Å². The van der Waals surface area contributed by atoms with Crippen LogP contribution in [-0.2, 0) is 20.7 Å². The van der Waals surface area contributed by atoms with Crippen LogP contribution in [0.25, 0.3) is 0 Å². The molecule has 0 spiro atoms. The van der Waals surface area contributed by atoms with Gasteiger partial charge in [-0.1, -0.05) is 18.0 Å². The maximum atomic E-state index is 12.2. The Bertz CT molecular complexity index is 892. The smallest absolute Gasteiger partial charge is 0.453 e. The Balaban J connectivity index is 1.42. The average Bonchev–Trinajstić information content (AvgIpc) is 3.38. The first-order valence-electron chi connectivity index (χ1n) is 9.88. The number of aryl methyl sites for hydroxylation is 1. The van der Waals surface area contributed by atoms with Gasteiger partial charge in [0.25, 0.3) is 5.91 Å². The standard InChI is InChI=1S/C20H22F3N3O5/c1-12(19(28)24-14-6-8-15(9-7-14)30-20(21,22)23)29-17(27)11-10-16-25-18(26-31-16)13-4-2-3-5-13/h6-9,12-13H,2-5,10-11H2,1H3,(H,24,28). The highest BCUT2D eigenvalue weighted by Gasteiger charge is 2.31. The summed E-state index contributed by atoms with van der Waals surface area (Å²) >= 11 is 0. The average molecular weight is 441 g/mol. The van der Waals surface area contributed by atoms with Gasteiger partial charge in [0.1, 0.15) is 5.75 Å². The van der Waals surface area contributed by atoms with Gasteiger partial charge in [-0.05, 0) is 44.0 Å². The van der Waals surface area contributed by atoms with Gasteiger partial charge in [0.05, 0.1) is 6.42 Å². The molecule has 1 aliphatic carbocycles. The Kier molecular flexibility index (Phi) is 7.13. The summed E-state index contributed by atoms with van der Waals surface area (Å²) in [5.74, 6) is -0.335. The molecule has 1 N–H and O–H groups in total. The Morgan fingerprint density at radius 2 is 1.90 bits per heavy atom. The van der Waals surface area contributed by atoms with Crippen LogP contribution >= 0.6 is 0 Å². The molecule has 168 valence electrons. The van der Waals surface area contributed by atoms with Crippen LogP contribution in [-0.4, -0.2) is 34.5 Å². The molecule has 8 nitrogen and oxygen atoms in total. The number of anilines is 1. The molecule has 1 aromatic carbocycles. The molecule has 1 atom stereocenters. The Hall–Kier alpha value is -3.11. The number of aromatic nitrogens is 2. The van der Waals surface area contributed by atoms with E-state index in [9.17, 15) is 22.8 Å². The number of hydrogen-bond acceptors (Lipinski definition) is 7. The molecule has 1 heterocycles. The normalized spacial score (nSPS) is 15.5. The van der Waals surface area contributed by atoms with Crippen LogP contribution in [0.5, 0.6) is 5.75 Å². The maximum Gasteiger partial charge on any atom is 0.573 e. The van der Waals surface area contributed by atoms with Gasteiger partial charge in [0, 0.05) is 18.0 Å². The van der Waals surface area contributed by atoms with Crippen LogP contribution in [0, 0.1) is 0 Å². The SMILES string of the molecule is CC(OC(=O)CCc1nc(C2CCCC2)no1)C(=O)Nc1ccc(OC(F)(F)F)cc1. The van der Waals surface area contributed by atoms with E-state index in [0.29, 0.717) is 17.6 Å². The van der Waals surface area contributed by atoms with Crippen molar-refractivity contribution in [1.82, 2.24) is 10.1 Å². The number of amides is 1. The minimum absolute atomic E-state index is 0.0343. The number of nitrogens with one attached hydrogen (secondary N) is 1. The first kappa shape index (κ1) is 22.6. The van der Waals surface area contributed by atoms with Crippen LogP contribution in [0.1, 0.15) is 56.7 Å². The number of halogens is 3. The van der Waals surface area contributed by atoms with Crippen LogP contribution in [0.2, 0.25) is 0 Å². The fourth-order valence-corrected chi connectivity index (χ4v) is 3.22. The van der Waals surface area contributed by atoms with E-state index < -0.39 is 30.1 Å². The lowest BCUT2D eigenvalue weighted by atomic mass is 10.1. The Labute approximate surface area is 176 Å². The van der Waals surface area contributed by atoms with Crippen molar-refractivity contribution in [3.8, 4) is 5.75 Å². The highest BCUT2D eigenvalue weighted by atomic mass is 19.4. The minimum Gasteiger partial charge on any atom is -0.453 e. The molecule has 11 heteroatoms. The number of esters is 1. The number of carbonyl (C=O) groups is 2. The quantitative estimate of drug-likeness (QED) is 0.615. The first-order valence-corrected chi connectivity index (χ1v) is 9.88. The van der Waals surface area contributed by atoms with Gasteiger partial charge in [0.15, 0.2) is 11.9 Å². The third kappa shape index (κ3) is 6.97. The van der Waals surface area contributed by atoms with Crippen molar-refractivity contribution in [2.24, 2.45) is 0 Å². The van der Waals surface area contributed by atoms with Gasteiger partial charge in [0.2, 0.25) is 5.89 Å². The summed E-state index contributed by atoms with van der Waals surface area (Å²) in [6.45, 7) is 1.39. The fraction of sp³-hybridized carbons (Fsp3) is 0.500. The zero-order chi connectivity index (χ0) is 22.4. The number of carbonyl (C=O) groups excluding carboxylic acids is 2. The summed E-state index contributed by atoms with van der Waals surface area (Å²) in [6.07, 6.45) is -1.38. The van der Waals surface area contributed by atoms with Crippen LogP contribution < -0.4 is 10.1 Å². The van der Waals surface area contributed by atoms with E-state index in [4.69, 9.17) is 9.26 Å². The minimum atomic E-state index is -4.80. The van der Waals surface area contributed by atoms with Crippen LogP contribution in [0.3, 0.4) is 0 Å². The van der Waals surface area contributed by atoms with Crippen molar-refractivity contribution in [2.75, 3.05) is 5.32 Å². The van der Waals surface area contributed by atoms with E-state index in [1.807, 2.05) is 0 Å². The topological polar surface area (TPSA) is 104 Å². The third-order valence-corrected chi connectivity index (χ3v) is 4.78.